The van der Waals surface area contributed by atoms with E-state index in [2.05, 4.69) is 14.9 Å². The SMILES string of the molecule is O=C=NCC1CN2CC1CC2CN=C=O. The maximum atomic E-state index is 10.0. The van der Waals surface area contributed by atoms with Gasteiger partial charge >= 0.3 is 0 Å². The van der Waals surface area contributed by atoms with E-state index in [-0.39, 0.29) is 0 Å². The van der Waals surface area contributed by atoms with Crippen LogP contribution in [0.25, 0.3) is 0 Å². The molecule has 15 heavy (non-hydrogen) atoms. The number of rotatable bonds is 4. The molecule has 2 heterocycles. The van der Waals surface area contributed by atoms with E-state index in [9.17, 15) is 9.59 Å². The van der Waals surface area contributed by atoms with E-state index in [0.29, 0.717) is 31.0 Å². The van der Waals surface area contributed by atoms with E-state index in [0.717, 1.165) is 19.5 Å². The first-order chi connectivity index (χ1) is 7.35. The Morgan fingerprint density at radius 3 is 2.47 bits per heavy atom. The van der Waals surface area contributed by atoms with E-state index in [4.69, 9.17) is 0 Å². The van der Waals surface area contributed by atoms with Crippen LogP contribution in [0.3, 0.4) is 0 Å². The Bertz CT molecular complexity index is 300. The molecule has 0 spiro atoms. The molecule has 0 saturated carbocycles. The fraction of sp³-hybridized carbons (Fsp3) is 0.800. The van der Waals surface area contributed by atoms with Gasteiger partial charge in [-0.3, -0.25) is 4.90 Å². The first kappa shape index (κ1) is 10.2. The zero-order chi connectivity index (χ0) is 10.7. The smallest absolute Gasteiger partial charge is 0.234 e. The summed E-state index contributed by atoms with van der Waals surface area (Å²) in [7, 11) is 0. The molecule has 2 bridgehead atoms. The van der Waals surface area contributed by atoms with Crippen LogP contribution in [-0.2, 0) is 9.59 Å². The third-order valence-electron chi connectivity index (χ3n) is 3.45. The van der Waals surface area contributed by atoms with E-state index >= 15 is 0 Å². The van der Waals surface area contributed by atoms with Gasteiger partial charge in [0.05, 0.1) is 13.1 Å². The topological polar surface area (TPSA) is 62.1 Å². The van der Waals surface area contributed by atoms with Crippen LogP contribution in [0.15, 0.2) is 9.98 Å². The predicted octanol–water partition coefficient (Wildman–Crippen LogP) is -0.0217. The van der Waals surface area contributed by atoms with E-state index in [1.54, 1.807) is 12.2 Å². The van der Waals surface area contributed by atoms with Gasteiger partial charge in [-0.15, -0.1) is 0 Å². The van der Waals surface area contributed by atoms with Crippen LogP contribution in [0, 0.1) is 11.8 Å². The van der Waals surface area contributed by atoms with Crippen LogP contribution in [0.5, 0.6) is 0 Å². The molecule has 0 aliphatic carbocycles. The Kier molecular flexibility index (Phi) is 3.07. The van der Waals surface area contributed by atoms with Gasteiger partial charge in [0.1, 0.15) is 0 Å². The van der Waals surface area contributed by atoms with Gasteiger partial charge in [-0.25, -0.2) is 19.6 Å². The van der Waals surface area contributed by atoms with Gasteiger partial charge in [0.25, 0.3) is 0 Å². The second-order valence-corrected chi connectivity index (χ2v) is 4.23. The van der Waals surface area contributed by atoms with Gasteiger partial charge < -0.3 is 0 Å². The number of piperidine rings is 1. The summed E-state index contributed by atoms with van der Waals surface area (Å²) in [5.74, 6) is 1.09. The lowest BCUT2D eigenvalue weighted by Crippen LogP contribution is -2.36. The van der Waals surface area contributed by atoms with Crippen molar-refractivity contribution in [3.05, 3.63) is 0 Å². The minimum absolute atomic E-state index is 0.396. The Hall–Kier alpha value is -1.28. The maximum absolute atomic E-state index is 10.0. The van der Waals surface area contributed by atoms with E-state index in [1.165, 1.54) is 0 Å². The number of hydrogen-bond donors (Lipinski definition) is 0. The molecule has 0 aromatic rings. The molecule has 0 N–H and O–H groups in total. The zero-order valence-corrected chi connectivity index (χ0v) is 8.43. The van der Waals surface area contributed by atoms with Crippen molar-refractivity contribution in [1.82, 2.24) is 4.90 Å². The standard InChI is InChI=1S/C10H13N3O2/c14-6-11-2-9-5-13-4-8(9)1-10(13)3-12-7-15/h8-10H,1-5H2. The molecule has 5 heteroatoms. The van der Waals surface area contributed by atoms with Crippen molar-refractivity contribution in [3.8, 4) is 0 Å². The monoisotopic (exact) mass is 207 g/mol. The molecular formula is C10H13N3O2. The summed E-state index contributed by atoms with van der Waals surface area (Å²) >= 11 is 0. The van der Waals surface area contributed by atoms with Crippen molar-refractivity contribution < 1.29 is 9.59 Å². The molecule has 2 saturated heterocycles. The van der Waals surface area contributed by atoms with Crippen molar-refractivity contribution in [2.75, 3.05) is 26.2 Å². The molecule has 4 atom stereocenters. The van der Waals surface area contributed by atoms with Crippen LogP contribution < -0.4 is 0 Å². The summed E-state index contributed by atoms with van der Waals surface area (Å²) in [6.45, 7) is 3.17. The van der Waals surface area contributed by atoms with Crippen LogP contribution in [0.1, 0.15) is 6.42 Å². The number of nitrogens with zero attached hydrogens (tertiary/aromatic N) is 3. The lowest BCUT2D eigenvalue weighted by Gasteiger charge is -2.27. The first-order valence-corrected chi connectivity index (χ1v) is 5.16. The fourth-order valence-electron chi connectivity index (χ4n) is 2.73. The molecule has 2 aliphatic heterocycles. The second kappa shape index (κ2) is 4.49. The van der Waals surface area contributed by atoms with Crippen molar-refractivity contribution >= 4 is 12.2 Å². The van der Waals surface area contributed by atoms with Crippen molar-refractivity contribution in [1.29, 1.82) is 0 Å². The number of hydrogen-bond acceptors (Lipinski definition) is 5. The van der Waals surface area contributed by atoms with E-state index in [1.807, 2.05) is 0 Å². The average molecular weight is 207 g/mol. The summed E-state index contributed by atoms with van der Waals surface area (Å²) in [6, 6.07) is 0.396. The maximum Gasteiger partial charge on any atom is 0.234 e. The Labute approximate surface area is 87.9 Å². The molecule has 0 radical (unpaired) electrons. The van der Waals surface area contributed by atoms with Gasteiger partial charge in [0.15, 0.2) is 0 Å². The lowest BCUT2D eigenvalue weighted by molar-refractivity contribution is 0.228. The Balaban J connectivity index is 1.88. The highest BCUT2D eigenvalue weighted by Gasteiger charge is 2.43. The fourth-order valence-corrected chi connectivity index (χ4v) is 2.73. The molecule has 5 nitrogen and oxygen atoms in total. The molecular weight excluding hydrogens is 194 g/mol. The summed E-state index contributed by atoms with van der Waals surface area (Å²) in [4.78, 5) is 29.6. The predicted molar refractivity (Wildman–Crippen MR) is 52.9 cm³/mol. The molecule has 0 amide bonds. The van der Waals surface area contributed by atoms with Crippen molar-refractivity contribution in [2.45, 2.75) is 12.5 Å². The van der Waals surface area contributed by atoms with Gasteiger partial charge in [0.2, 0.25) is 12.2 Å². The van der Waals surface area contributed by atoms with Crippen LogP contribution in [-0.4, -0.2) is 49.3 Å². The van der Waals surface area contributed by atoms with Crippen LogP contribution >= 0.6 is 0 Å². The largest absolute Gasteiger partial charge is 0.298 e. The molecule has 0 aromatic heterocycles. The average Bonchev–Trinajstić information content (AvgIpc) is 2.82. The minimum Gasteiger partial charge on any atom is -0.298 e. The quantitative estimate of drug-likeness (QED) is 0.480. The van der Waals surface area contributed by atoms with Crippen molar-refractivity contribution in [3.63, 3.8) is 0 Å². The van der Waals surface area contributed by atoms with Gasteiger partial charge in [-0.1, -0.05) is 0 Å². The number of carbonyl (C=O) groups excluding carboxylic acids is 2. The summed E-state index contributed by atoms with van der Waals surface area (Å²) in [5, 5.41) is 0. The van der Waals surface area contributed by atoms with Crippen LogP contribution in [0.4, 0.5) is 0 Å². The lowest BCUT2D eigenvalue weighted by atomic mass is 9.89. The number of aliphatic imine (C=N–C) groups is 2. The third-order valence-corrected chi connectivity index (χ3v) is 3.45. The van der Waals surface area contributed by atoms with Gasteiger partial charge in [-0.2, -0.15) is 0 Å². The molecule has 4 unspecified atom stereocenters. The summed E-state index contributed by atoms with van der Waals surface area (Å²) < 4.78 is 0. The van der Waals surface area contributed by atoms with E-state index < -0.39 is 0 Å². The highest BCUT2D eigenvalue weighted by atomic mass is 16.1. The normalized spacial score (nSPS) is 37.1. The Morgan fingerprint density at radius 2 is 1.87 bits per heavy atom. The first-order valence-electron chi connectivity index (χ1n) is 5.16. The van der Waals surface area contributed by atoms with Crippen molar-refractivity contribution in [2.24, 2.45) is 21.8 Å². The Morgan fingerprint density at radius 1 is 1.13 bits per heavy atom. The summed E-state index contributed by atoms with van der Waals surface area (Å²) in [6.07, 6.45) is 4.22. The van der Waals surface area contributed by atoms with Gasteiger partial charge in [0, 0.05) is 19.1 Å². The third kappa shape index (κ3) is 2.05. The molecule has 0 aromatic carbocycles. The molecule has 80 valence electrons. The zero-order valence-electron chi connectivity index (χ0n) is 8.43. The molecule has 2 fully saturated rings. The number of fused-ring (bicyclic) bond motifs is 2. The number of isocyanates is 2. The minimum atomic E-state index is 0.396. The van der Waals surface area contributed by atoms with Crippen LogP contribution in [0.2, 0.25) is 0 Å². The summed E-state index contributed by atoms with van der Waals surface area (Å²) in [5.41, 5.74) is 0. The second-order valence-electron chi connectivity index (χ2n) is 4.23. The highest BCUT2D eigenvalue weighted by Crippen LogP contribution is 2.37. The molecule has 2 aliphatic rings. The highest BCUT2D eigenvalue weighted by molar-refractivity contribution is 5.33. The molecule has 2 rings (SSSR count). The van der Waals surface area contributed by atoms with Gasteiger partial charge in [-0.05, 0) is 18.3 Å².